The zero-order chi connectivity index (χ0) is 14.5. The van der Waals surface area contributed by atoms with E-state index < -0.39 is 11.6 Å². The van der Waals surface area contributed by atoms with Gasteiger partial charge in [-0.15, -0.1) is 0 Å². The molecule has 2 aromatic rings. The van der Waals surface area contributed by atoms with E-state index in [-0.39, 0.29) is 11.8 Å². The molecule has 1 N–H and O–H groups in total. The van der Waals surface area contributed by atoms with Crippen molar-refractivity contribution in [3.63, 3.8) is 0 Å². The summed E-state index contributed by atoms with van der Waals surface area (Å²) in [6.07, 6.45) is 0. The summed E-state index contributed by atoms with van der Waals surface area (Å²) in [6.45, 7) is 5.03. The molecule has 2 rings (SSSR count). The molecule has 0 aliphatic carbocycles. The Morgan fingerprint density at radius 3 is 2.25 bits per heavy atom. The molecular formula is C16H17F2NO. The predicted molar refractivity (Wildman–Crippen MR) is 75.0 cm³/mol. The maximum Gasteiger partial charge on any atom is 0.162 e. The van der Waals surface area contributed by atoms with Crippen molar-refractivity contribution in [2.75, 3.05) is 6.54 Å². The first kappa shape index (κ1) is 14.5. The molecule has 0 amide bonds. The lowest BCUT2D eigenvalue weighted by atomic mass is 10.1. The van der Waals surface area contributed by atoms with Gasteiger partial charge < -0.3 is 10.1 Å². The zero-order valence-corrected chi connectivity index (χ0v) is 11.5. The molecule has 0 aromatic heterocycles. The van der Waals surface area contributed by atoms with Crippen molar-refractivity contribution < 1.29 is 13.5 Å². The van der Waals surface area contributed by atoms with Crippen LogP contribution in [-0.4, -0.2) is 6.54 Å². The van der Waals surface area contributed by atoms with E-state index in [9.17, 15) is 8.78 Å². The lowest BCUT2D eigenvalue weighted by Gasteiger charge is -2.13. The molecule has 2 nitrogen and oxygen atoms in total. The van der Waals surface area contributed by atoms with Crippen molar-refractivity contribution in [1.29, 1.82) is 0 Å². The van der Waals surface area contributed by atoms with E-state index in [1.807, 2.05) is 24.3 Å². The molecule has 0 aliphatic heterocycles. The summed E-state index contributed by atoms with van der Waals surface area (Å²) in [4.78, 5) is 0. The van der Waals surface area contributed by atoms with Crippen LogP contribution in [0.5, 0.6) is 11.5 Å². The maximum atomic E-state index is 13.1. The van der Waals surface area contributed by atoms with Gasteiger partial charge in [-0.2, -0.15) is 0 Å². The Morgan fingerprint density at radius 1 is 1.00 bits per heavy atom. The minimum atomic E-state index is -0.917. The summed E-state index contributed by atoms with van der Waals surface area (Å²) in [6, 6.07) is 11.3. The normalized spacial score (nSPS) is 12.2. The number of rotatable bonds is 5. The predicted octanol–water partition coefficient (Wildman–Crippen LogP) is 4.43. The van der Waals surface area contributed by atoms with Gasteiger partial charge in [0.25, 0.3) is 0 Å². The standard InChI is InChI=1S/C16H17F2NO/c1-3-19-11(2)12-4-6-13(7-5-12)20-14-8-9-15(17)16(18)10-14/h4-11,19H,3H2,1-2H3. The fourth-order valence-electron chi connectivity index (χ4n) is 1.93. The highest BCUT2D eigenvalue weighted by Crippen LogP contribution is 2.24. The molecule has 0 saturated heterocycles. The number of benzene rings is 2. The zero-order valence-electron chi connectivity index (χ0n) is 11.5. The monoisotopic (exact) mass is 277 g/mol. The fourth-order valence-corrected chi connectivity index (χ4v) is 1.93. The SMILES string of the molecule is CCNC(C)c1ccc(Oc2ccc(F)c(F)c2)cc1. The van der Waals surface area contributed by atoms with Gasteiger partial charge in [0, 0.05) is 12.1 Å². The van der Waals surface area contributed by atoms with Crippen LogP contribution >= 0.6 is 0 Å². The molecular weight excluding hydrogens is 260 g/mol. The van der Waals surface area contributed by atoms with E-state index in [1.54, 1.807) is 0 Å². The second-order valence-electron chi connectivity index (χ2n) is 4.53. The fraction of sp³-hybridized carbons (Fsp3) is 0.250. The number of hydrogen-bond acceptors (Lipinski definition) is 2. The van der Waals surface area contributed by atoms with Gasteiger partial charge in [0.2, 0.25) is 0 Å². The molecule has 1 atom stereocenters. The van der Waals surface area contributed by atoms with Crippen LogP contribution in [0.2, 0.25) is 0 Å². The molecule has 106 valence electrons. The number of nitrogens with one attached hydrogen (secondary N) is 1. The molecule has 0 saturated carbocycles. The van der Waals surface area contributed by atoms with Gasteiger partial charge in [-0.05, 0) is 43.3 Å². The third-order valence-electron chi connectivity index (χ3n) is 3.02. The molecule has 0 bridgehead atoms. The van der Waals surface area contributed by atoms with Crippen molar-refractivity contribution in [3.8, 4) is 11.5 Å². The van der Waals surface area contributed by atoms with E-state index in [4.69, 9.17) is 4.74 Å². The van der Waals surface area contributed by atoms with Gasteiger partial charge in [-0.1, -0.05) is 19.1 Å². The van der Waals surface area contributed by atoms with Crippen LogP contribution in [-0.2, 0) is 0 Å². The van der Waals surface area contributed by atoms with Crippen LogP contribution in [0.4, 0.5) is 8.78 Å². The summed E-state index contributed by atoms with van der Waals surface area (Å²) in [7, 11) is 0. The Bertz CT molecular complexity index is 569. The Hall–Kier alpha value is -1.94. The molecule has 1 unspecified atom stereocenters. The first-order valence-corrected chi connectivity index (χ1v) is 6.56. The van der Waals surface area contributed by atoms with E-state index in [0.29, 0.717) is 5.75 Å². The molecule has 20 heavy (non-hydrogen) atoms. The third-order valence-corrected chi connectivity index (χ3v) is 3.02. The van der Waals surface area contributed by atoms with Crippen molar-refractivity contribution in [1.82, 2.24) is 5.32 Å². The third kappa shape index (κ3) is 3.54. The van der Waals surface area contributed by atoms with Crippen LogP contribution < -0.4 is 10.1 Å². The average molecular weight is 277 g/mol. The Labute approximate surface area is 117 Å². The molecule has 0 heterocycles. The average Bonchev–Trinajstić information content (AvgIpc) is 2.44. The smallest absolute Gasteiger partial charge is 0.162 e. The first-order chi connectivity index (χ1) is 9.60. The number of halogens is 2. The van der Waals surface area contributed by atoms with Gasteiger partial charge in [0.15, 0.2) is 11.6 Å². The largest absolute Gasteiger partial charge is 0.457 e. The van der Waals surface area contributed by atoms with Crippen LogP contribution in [0.3, 0.4) is 0 Å². The quantitative estimate of drug-likeness (QED) is 0.873. The molecule has 0 spiro atoms. The maximum absolute atomic E-state index is 13.1. The molecule has 2 aromatic carbocycles. The van der Waals surface area contributed by atoms with Crippen molar-refractivity contribution in [3.05, 3.63) is 59.7 Å². The Kier molecular flexibility index (Phi) is 4.69. The molecule has 0 aliphatic rings. The lowest BCUT2D eigenvalue weighted by Crippen LogP contribution is -2.17. The van der Waals surface area contributed by atoms with Crippen molar-refractivity contribution in [2.45, 2.75) is 19.9 Å². The summed E-state index contributed by atoms with van der Waals surface area (Å²) in [5.74, 6) is -0.938. The molecule has 0 fully saturated rings. The van der Waals surface area contributed by atoms with Crippen molar-refractivity contribution >= 4 is 0 Å². The van der Waals surface area contributed by atoms with Gasteiger partial charge >= 0.3 is 0 Å². The van der Waals surface area contributed by atoms with Gasteiger partial charge in [0.1, 0.15) is 11.5 Å². The topological polar surface area (TPSA) is 21.3 Å². The highest BCUT2D eigenvalue weighted by molar-refractivity contribution is 5.34. The van der Waals surface area contributed by atoms with Crippen molar-refractivity contribution in [2.24, 2.45) is 0 Å². The molecule has 0 radical (unpaired) electrons. The first-order valence-electron chi connectivity index (χ1n) is 6.56. The Balaban J connectivity index is 2.08. The van der Waals surface area contributed by atoms with Gasteiger partial charge in [-0.3, -0.25) is 0 Å². The van der Waals surface area contributed by atoms with Crippen LogP contribution in [0.15, 0.2) is 42.5 Å². The summed E-state index contributed by atoms with van der Waals surface area (Å²) < 4.78 is 31.4. The van der Waals surface area contributed by atoms with Crippen LogP contribution in [0.25, 0.3) is 0 Å². The summed E-state index contributed by atoms with van der Waals surface area (Å²) >= 11 is 0. The summed E-state index contributed by atoms with van der Waals surface area (Å²) in [5.41, 5.74) is 1.14. The molecule has 4 heteroatoms. The highest BCUT2D eigenvalue weighted by Gasteiger charge is 2.06. The van der Waals surface area contributed by atoms with Crippen LogP contribution in [0, 0.1) is 11.6 Å². The van der Waals surface area contributed by atoms with Gasteiger partial charge in [0.05, 0.1) is 0 Å². The second kappa shape index (κ2) is 6.48. The van der Waals surface area contributed by atoms with E-state index in [2.05, 4.69) is 19.2 Å². The number of hydrogen-bond donors (Lipinski definition) is 1. The Morgan fingerprint density at radius 2 is 1.65 bits per heavy atom. The van der Waals surface area contributed by atoms with Gasteiger partial charge in [-0.25, -0.2) is 8.78 Å². The van der Waals surface area contributed by atoms with E-state index >= 15 is 0 Å². The number of ether oxygens (including phenoxy) is 1. The minimum Gasteiger partial charge on any atom is -0.457 e. The van der Waals surface area contributed by atoms with Crippen LogP contribution in [0.1, 0.15) is 25.5 Å². The van der Waals surface area contributed by atoms with E-state index in [1.165, 1.54) is 6.07 Å². The lowest BCUT2D eigenvalue weighted by molar-refractivity contribution is 0.461. The minimum absolute atomic E-state index is 0.261. The van der Waals surface area contributed by atoms with E-state index in [0.717, 1.165) is 24.2 Å². The summed E-state index contributed by atoms with van der Waals surface area (Å²) in [5, 5.41) is 3.31. The highest BCUT2D eigenvalue weighted by atomic mass is 19.2. The second-order valence-corrected chi connectivity index (χ2v) is 4.53.